The fraction of sp³-hybridized carbons (Fsp3) is 0. The molecule has 10 rings (SSSR count). The van der Waals surface area contributed by atoms with Gasteiger partial charge in [-0.25, -0.2) is 0 Å². The van der Waals surface area contributed by atoms with E-state index in [0.717, 1.165) is 43.8 Å². The fourth-order valence-corrected chi connectivity index (χ4v) is 9.93. The largest absolute Gasteiger partial charge is 0.310 e. The molecule has 10 aromatic rings. The Bertz CT molecular complexity index is 2840. The quantitative estimate of drug-likeness (QED) is 0.170. The van der Waals surface area contributed by atoms with Gasteiger partial charge in [-0.1, -0.05) is 103 Å². The highest BCUT2D eigenvalue weighted by molar-refractivity contribution is 7.26. The predicted octanol–water partition coefficient (Wildman–Crippen LogP) is 15.2. The van der Waals surface area contributed by atoms with E-state index in [2.05, 4.69) is 186 Å². The molecule has 0 atom stereocenters. The molecule has 0 saturated heterocycles. The van der Waals surface area contributed by atoms with Crippen LogP contribution in [0.2, 0.25) is 5.02 Å². The van der Waals surface area contributed by atoms with Gasteiger partial charge in [0.05, 0.1) is 9.72 Å². The first-order valence-corrected chi connectivity index (χ1v) is 19.0. The Kier molecular flexibility index (Phi) is 7.28. The van der Waals surface area contributed by atoms with Crippen LogP contribution in [0.25, 0.3) is 51.1 Å². The molecule has 0 aliphatic carbocycles. The van der Waals surface area contributed by atoms with E-state index in [1.165, 1.54) is 46.4 Å². The number of rotatable bonds is 6. The van der Waals surface area contributed by atoms with Gasteiger partial charge in [0, 0.05) is 69.8 Å². The molecular formula is C46H29ClN2S2. The van der Waals surface area contributed by atoms with E-state index in [0.29, 0.717) is 0 Å². The molecule has 242 valence electrons. The number of nitrogens with zero attached hydrogens (tertiary/aromatic N) is 2. The Morgan fingerprint density at radius 1 is 0.353 bits per heavy atom. The van der Waals surface area contributed by atoms with Crippen molar-refractivity contribution in [2.75, 3.05) is 9.80 Å². The molecule has 0 aliphatic heterocycles. The maximum atomic E-state index is 7.16. The summed E-state index contributed by atoms with van der Waals surface area (Å²) in [6.45, 7) is 0. The molecule has 0 bridgehead atoms. The summed E-state index contributed by atoms with van der Waals surface area (Å²) in [4.78, 5) is 4.66. The smallest absolute Gasteiger partial charge is 0.0605 e. The molecule has 0 fully saturated rings. The van der Waals surface area contributed by atoms with Crippen LogP contribution in [0.15, 0.2) is 176 Å². The van der Waals surface area contributed by atoms with E-state index < -0.39 is 0 Å². The number of halogens is 1. The Balaban J connectivity index is 1.14. The Labute approximate surface area is 308 Å². The van der Waals surface area contributed by atoms with Gasteiger partial charge in [-0.2, -0.15) is 0 Å². The van der Waals surface area contributed by atoms with Crippen LogP contribution in [0.1, 0.15) is 0 Å². The van der Waals surface area contributed by atoms with Gasteiger partial charge in [0.2, 0.25) is 0 Å². The van der Waals surface area contributed by atoms with E-state index in [4.69, 9.17) is 11.6 Å². The number of thiophene rings is 2. The maximum absolute atomic E-state index is 7.16. The van der Waals surface area contributed by atoms with E-state index in [-0.39, 0.29) is 0 Å². The van der Waals surface area contributed by atoms with Crippen molar-refractivity contribution in [3.05, 3.63) is 181 Å². The van der Waals surface area contributed by atoms with Gasteiger partial charge < -0.3 is 9.80 Å². The zero-order chi connectivity index (χ0) is 33.9. The number of hydrogen-bond acceptors (Lipinski definition) is 4. The van der Waals surface area contributed by atoms with Crippen LogP contribution in [0.5, 0.6) is 0 Å². The van der Waals surface area contributed by atoms with Crippen LogP contribution >= 0.6 is 34.3 Å². The first-order chi connectivity index (χ1) is 25.2. The highest BCUT2D eigenvalue weighted by Crippen LogP contribution is 2.47. The molecule has 0 spiro atoms. The lowest BCUT2D eigenvalue weighted by atomic mass is 10.0. The van der Waals surface area contributed by atoms with Gasteiger partial charge in [-0.3, -0.25) is 0 Å². The second kappa shape index (κ2) is 12.3. The molecule has 0 unspecified atom stereocenters. The second-order valence-electron chi connectivity index (χ2n) is 12.7. The van der Waals surface area contributed by atoms with Crippen molar-refractivity contribution in [2.45, 2.75) is 0 Å². The molecule has 0 aliphatic rings. The minimum Gasteiger partial charge on any atom is -0.310 e. The third kappa shape index (κ3) is 5.14. The maximum Gasteiger partial charge on any atom is 0.0605 e. The van der Waals surface area contributed by atoms with Crippen molar-refractivity contribution in [3.8, 4) is 0 Å². The van der Waals surface area contributed by atoms with Crippen molar-refractivity contribution in [3.63, 3.8) is 0 Å². The normalized spacial score (nSPS) is 11.6. The van der Waals surface area contributed by atoms with Gasteiger partial charge >= 0.3 is 0 Å². The molecule has 51 heavy (non-hydrogen) atoms. The Hall–Kier alpha value is -5.65. The number of para-hydroxylation sites is 3. The minimum atomic E-state index is 0.769. The highest BCUT2D eigenvalue weighted by atomic mass is 35.5. The Morgan fingerprint density at radius 3 is 1.63 bits per heavy atom. The van der Waals surface area contributed by atoms with Crippen LogP contribution in [0, 0.1) is 0 Å². The van der Waals surface area contributed by atoms with Crippen molar-refractivity contribution in [2.24, 2.45) is 0 Å². The summed E-state index contributed by atoms with van der Waals surface area (Å²) in [5.41, 5.74) is 6.61. The summed E-state index contributed by atoms with van der Waals surface area (Å²) in [5.74, 6) is 0. The molecule has 0 amide bonds. The van der Waals surface area contributed by atoms with E-state index >= 15 is 0 Å². The van der Waals surface area contributed by atoms with Crippen molar-refractivity contribution in [1.29, 1.82) is 0 Å². The standard InChI is InChI=1S/C46H29ClN2S2/c47-41-28-36(27-40-45-37-19-11-10-12-30(37)20-24-43(45)51-46(40)41)49(33-17-8-3-9-18-33)35-21-23-38-39-26-34(22-25-42(39)50-44(38)29-35)48(31-13-4-1-5-14-31)32-15-6-2-7-16-32/h1-29H. The lowest BCUT2D eigenvalue weighted by Gasteiger charge is -2.26. The minimum absolute atomic E-state index is 0.769. The number of anilines is 6. The van der Waals surface area contributed by atoms with Gasteiger partial charge in [0.1, 0.15) is 0 Å². The third-order valence-electron chi connectivity index (χ3n) is 9.66. The molecule has 0 N–H and O–H groups in total. The molecule has 2 heterocycles. The third-order valence-corrected chi connectivity index (χ3v) is 12.4. The molecular weight excluding hydrogens is 680 g/mol. The number of fused-ring (bicyclic) bond motifs is 8. The SMILES string of the molecule is Clc1cc(N(c2ccccc2)c2ccc3c(c2)sc2ccc(N(c4ccccc4)c4ccccc4)cc23)cc2c1sc1ccc3ccccc3c12. The topological polar surface area (TPSA) is 6.48 Å². The summed E-state index contributed by atoms with van der Waals surface area (Å²) in [6, 6.07) is 63.0. The summed E-state index contributed by atoms with van der Waals surface area (Å²) in [5, 5.41) is 8.21. The van der Waals surface area contributed by atoms with Gasteiger partial charge in [0.15, 0.2) is 0 Å². The average Bonchev–Trinajstić information content (AvgIpc) is 3.75. The monoisotopic (exact) mass is 708 g/mol. The van der Waals surface area contributed by atoms with Gasteiger partial charge in [0.25, 0.3) is 0 Å². The zero-order valence-electron chi connectivity index (χ0n) is 27.3. The number of hydrogen-bond donors (Lipinski definition) is 0. The van der Waals surface area contributed by atoms with Crippen molar-refractivity contribution in [1.82, 2.24) is 0 Å². The van der Waals surface area contributed by atoms with Crippen LogP contribution < -0.4 is 9.80 Å². The van der Waals surface area contributed by atoms with Crippen LogP contribution in [-0.2, 0) is 0 Å². The summed E-state index contributed by atoms with van der Waals surface area (Å²) in [6.07, 6.45) is 0. The molecule has 2 nitrogen and oxygen atoms in total. The second-order valence-corrected chi connectivity index (χ2v) is 15.2. The van der Waals surface area contributed by atoms with Crippen molar-refractivity contribution >= 4 is 120 Å². The van der Waals surface area contributed by atoms with Gasteiger partial charge in [-0.05, 0) is 95.7 Å². The molecule has 0 radical (unpaired) electrons. The first kappa shape index (κ1) is 30.2. The van der Waals surface area contributed by atoms with Crippen LogP contribution in [0.3, 0.4) is 0 Å². The molecule has 0 saturated carbocycles. The first-order valence-electron chi connectivity index (χ1n) is 16.9. The van der Waals surface area contributed by atoms with Crippen molar-refractivity contribution < 1.29 is 0 Å². The van der Waals surface area contributed by atoms with Crippen LogP contribution in [0.4, 0.5) is 34.1 Å². The number of benzene rings is 8. The molecule has 8 aromatic carbocycles. The predicted molar refractivity (Wildman–Crippen MR) is 224 cm³/mol. The fourth-order valence-electron chi connectivity index (χ4n) is 7.38. The average molecular weight is 709 g/mol. The summed E-state index contributed by atoms with van der Waals surface area (Å²) in [7, 11) is 0. The van der Waals surface area contributed by atoms with E-state index in [1.54, 1.807) is 11.3 Å². The lowest BCUT2D eigenvalue weighted by molar-refractivity contribution is 1.29. The zero-order valence-corrected chi connectivity index (χ0v) is 29.7. The van der Waals surface area contributed by atoms with Gasteiger partial charge in [-0.15, -0.1) is 22.7 Å². The van der Waals surface area contributed by atoms with E-state index in [1.807, 2.05) is 11.3 Å². The van der Waals surface area contributed by atoms with Crippen LogP contribution in [-0.4, -0.2) is 0 Å². The highest BCUT2D eigenvalue weighted by Gasteiger charge is 2.20. The van der Waals surface area contributed by atoms with E-state index in [9.17, 15) is 0 Å². The summed E-state index contributed by atoms with van der Waals surface area (Å²) < 4.78 is 4.87. The Morgan fingerprint density at radius 2 is 0.922 bits per heavy atom. The molecule has 5 heteroatoms. The molecule has 2 aromatic heterocycles. The lowest BCUT2D eigenvalue weighted by Crippen LogP contribution is -2.09. The summed E-state index contributed by atoms with van der Waals surface area (Å²) >= 11 is 10.8.